The fraction of sp³-hybridized carbons (Fsp3) is 0.611. The third kappa shape index (κ3) is 9.82. The highest BCUT2D eigenvalue weighted by Gasteiger charge is 2.04. The first-order valence-electron chi connectivity index (χ1n) is 8.77. The fourth-order valence-electron chi connectivity index (χ4n) is 2.24. The number of unbranched alkanes of at least 4 members (excludes halogenated alkanes) is 6. The van der Waals surface area contributed by atoms with Gasteiger partial charge in [-0.25, -0.2) is 5.43 Å². The molecule has 0 aromatic carbocycles. The Morgan fingerprint density at radius 1 is 1.08 bits per heavy atom. The molecule has 0 bridgehead atoms. The number of carbonyl (C=O) groups is 2. The van der Waals surface area contributed by atoms with Crippen LogP contribution in [0.2, 0.25) is 0 Å². The van der Waals surface area contributed by atoms with Crippen molar-refractivity contribution >= 4 is 18.0 Å². The molecule has 1 aromatic heterocycles. The van der Waals surface area contributed by atoms with E-state index >= 15 is 0 Å². The number of furan rings is 1. The second-order valence-corrected chi connectivity index (χ2v) is 5.89. The lowest BCUT2D eigenvalue weighted by Crippen LogP contribution is -2.34. The average molecular weight is 335 g/mol. The van der Waals surface area contributed by atoms with Crippen LogP contribution >= 0.6 is 0 Å². The first-order valence-corrected chi connectivity index (χ1v) is 8.77. The molecule has 1 aromatic rings. The summed E-state index contributed by atoms with van der Waals surface area (Å²) in [6.07, 6.45) is 10.1. The van der Waals surface area contributed by atoms with Crippen molar-refractivity contribution in [3.8, 4) is 0 Å². The molecule has 2 N–H and O–H groups in total. The van der Waals surface area contributed by atoms with Crippen molar-refractivity contribution < 1.29 is 14.0 Å². The first-order chi connectivity index (χ1) is 11.6. The Morgan fingerprint density at radius 2 is 1.79 bits per heavy atom. The summed E-state index contributed by atoms with van der Waals surface area (Å²) in [6, 6.07) is 3.57. The summed E-state index contributed by atoms with van der Waals surface area (Å²) >= 11 is 0. The minimum atomic E-state index is -0.359. The highest BCUT2D eigenvalue weighted by molar-refractivity contribution is 5.85. The number of amides is 2. The number of aryl methyl sites for hydroxylation is 1. The van der Waals surface area contributed by atoms with E-state index in [9.17, 15) is 9.59 Å². The molecule has 0 aliphatic heterocycles. The highest BCUT2D eigenvalue weighted by Crippen LogP contribution is 2.08. The van der Waals surface area contributed by atoms with Gasteiger partial charge in [-0.15, -0.1) is 0 Å². The van der Waals surface area contributed by atoms with Crippen LogP contribution in [-0.2, 0) is 9.59 Å². The van der Waals surface area contributed by atoms with Gasteiger partial charge < -0.3 is 9.73 Å². The summed E-state index contributed by atoms with van der Waals surface area (Å²) in [5, 5.41) is 6.37. The monoisotopic (exact) mass is 335 g/mol. The molecule has 0 spiro atoms. The van der Waals surface area contributed by atoms with Gasteiger partial charge in [-0.3, -0.25) is 9.59 Å². The molecule has 24 heavy (non-hydrogen) atoms. The van der Waals surface area contributed by atoms with Crippen LogP contribution in [0.5, 0.6) is 0 Å². The lowest BCUT2D eigenvalue weighted by Gasteiger charge is -2.04. The van der Waals surface area contributed by atoms with Gasteiger partial charge in [0.1, 0.15) is 11.5 Å². The Hall–Kier alpha value is -2.11. The van der Waals surface area contributed by atoms with Crippen molar-refractivity contribution in [2.45, 2.75) is 65.2 Å². The van der Waals surface area contributed by atoms with E-state index in [-0.39, 0.29) is 18.4 Å². The van der Waals surface area contributed by atoms with E-state index in [1.807, 2.05) is 13.0 Å². The minimum absolute atomic E-state index is 0.0656. The molecule has 0 aliphatic rings. The van der Waals surface area contributed by atoms with E-state index in [1.54, 1.807) is 6.07 Å². The van der Waals surface area contributed by atoms with Crippen molar-refractivity contribution in [1.29, 1.82) is 0 Å². The second-order valence-electron chi connectivity index (χ2n) is 5.89. The quantitative estimate of drug-likeness (QED) is 0.349. The molecule has 0 saturated heterocycles. The topological polar surface area (TPSA) is 83.7 Å². The minimum Gasteiger partial charge on any atom is -0.460 e. The molecule has 1 rings (SSSR count). The lowest BCUT2D eigenvalue weighted by molar-refractivity contribution is -0.126. The zero-order chi connectivity index (χ0) is 17.6. The van der Waals surface area contributed by atoms with Crippen molar-refractivity contribution in [3.63, 3.8) is 0 Å². The predicted molar refractivity (Wildman–Crippen MR) is 94.8 cm³/mol. The largest absolute Gasteiger partial charge is 0.460 e. The zero-order valence-electron chi connectivity index (χ0n) is 14.8. The van der Waals surface area contributed by atoms with Gasteiger partial charge in [0.25, 0.3) is 5.91 Å². The molecule has 6 nitrogen and oxygen atoms in total. The number of hydrogen-bond donors (Lipinski definition) is 2. The van der Waals surface area contributed by atoms with Crippen LogP contribution in [0.4, 0.5) is 0 Å². The molecule has 0 aliphatic carbocycles. The Morgan fingerprint density at radius 3 is 2.46 bits per heavy atom. The number of nitrogens with zero attached hydrogens (tertiary/aromatic N) is 1. The predicted octanol–water partition coefficient (Wildman–Crippen LogP) is 3.30. The molecular formula is C18H29N3O3. The molecule has 0 radical (unpaired) electrons. The van der Waals surface area contributed by atoms with Crippen LogP contribution in [0.1, 0.15) is 69.8 Å². The third-order valence-electron chi connectivity index (χ3n) is 3.60. The van der Waals surface area contributed by atoms with Crippen LogP contribution in [0, 0.1) is 6.92 Å². The smallest absolute Gasteiger partial charge is 0.259 e. The van der Waals surface area contributed by atoms with Gasteiger partial charge in [0.15, 0.2) is 0 Å². The van der Waals surface area contributed by atoms with E-state index in [0.29, 0.717) is 12.2 Å². The van der Waals surface area contributed by atoms with Gasteiger partial charge in [-0.2, -0.15) is 5.10 Å². The van der Waals surface area contributed by atoms with Crippen LogP contribution in [0.3, 0.4) is 0 Å². The summed E-state index contributed by atoms with van der Waals surface area (Å²) in [7, 11) is 0. The molecule has 1 heterocycles. The van der Waals surface area contributed by atoms with Gasteiger partial charge in [0.2, 0.25) is 5.91 Å². The van der Waals surface area contributed by atoms with Crippen molar-refractivity contribution in [3.05, 3.63) is 23.7 Å². The SMILES string of the molecule is CCCCCCCCCC(=O)NCC(=O)N/N=C/c1ccc(C)o1. The van der Waals surface area contributed by atoms with Gasteiger partial charge in [-0.05, 0) is 25.5 Å². The molecule has 2 amide bonds. The summed E-state index contributed by atoms with van der Waals surface area (Å²) in [6.45, 7) is 3.96. The number of carbonyl (C=O) groups excluding carboxylic acids is 2. The zero-order valence-corrected chi connectivity index (χ0v) is 14.8. The van der Waals surface area contributed by atoms with Crippen LogP contribution in [0.25, 0.3) is 0 Å². The maximum Gasteiger partial charge on any atom is 0.259 e. The van der Waals surface area contributed by atoms with E-state index in [2.05, 4.69) is 22.8 Å². The fourth-order valence-corrected chi connectivity index (χ4v) is 2.24. The molecule has 0 atom stereocenters. The number of hydrogen-bond acceptors (Lipinski definition) is 4. The van der Waals surface area contributed by atoms with E-state index < -0.39 is 0 Å². The standard InChI is InChI=1S/C18H29N3O3/c1-3-4-5-6-7-8-9-10-17(22)19-14-18(23)21-20-13-16-12-11-15(2)24-16/h11-13H,3-10,14H2,1-2H3,(H,19,22)(H,21,23)/b20-13+. The Kier molecular flexibility index (Phi) is 10.2. The summed E-state index contributed by atoms with van der Waals surface area (Å²) in [5.74, 6) is 0.892. The molecule has 0 saturated carbocycles. The number of nitrogens with one attached hydrogen (secondary N) is 2. The average Bonchev–Trinajstić information content (AvgIpc) is 2.97. The Balaban J connectivity index is 2.03. The Bertz CT molecular complexity index is 523. The molecular weight excluding hydrogens is 306 g/mol. The first kappa shape index (κ1) is 19.9. The van der Waals surface area contributed by atoms with E-state index in [0.717, 1.165) is 18.6 Å². The van der Waals surface area contributed by atoms with Crippen LogP contribution < -0.4 is 10.7 Å². The normalized spacial score (nSPS) is 10.9. The van der Waals surface area contributed by atoms with Crippen molar-refractivity contribution in [1.82, 2.24) is 10.7 Å². The second kappa shape index (κ2) is 12.3. The number of hydrazone groups is 1. The maximum atomic E-state index is 11.6. The van der Waals surface area contributed by atoms with Gasteiger partial charge in [-0.1, -0.05) is 45.4 Å². The van der Waals surface area contributed by atoms with Crippen molar-refractivity contribution in [2.24, 2.45) is 5.10 Å². The van der Waals surface area contributed by atoms with Gasteiger partial charge in [0.05, 0.1) is 12.8 Å². The third-order valence-corrected chi connectivity index (χ3v) is 3.60. The number of rotatable bonds is 12. The van der Waals surface area contributed by atoms with E-state index in [1.165, 1.54) is 38.3 Å². The van der Waals surface area contributed by atoms with Gasteiger partial charge >= 0.3 is 0 Å². The van der Waals surface area contributed by atoms with Crippen LogP contribution in [-0.4, -0.2) is 24.6 Å². The molecule has 134 valence electrons. The molecule has 0 fully saturated rings. The summed E-state index contributed by atoms with van der Waals surface area (Å²) in [4.78, 5) is 23.2. The lowest BCUT2D eigenvalue weighted by atomic mass is 10.1. The molecule has 0 unspecified atom stereocenters. The van der Waals surface area contributed by atoms with Gasteiger partial charge in [0, 0.05) is 6.42 Å². The van der Waals surface area contributed by atoms with Crippen molar-refractivity contribution in [2.75, 3.05) is 6.54 Å². The maximum absolute atomic E-state index is 11.6. The summed E-state index contributed by atoms with van der Waals surface area (Å²) < 4.78 is 5.28. The highest BCUT2D eigenvalue weighted by atomic mass is 16.3. The Labute approximate surface area is 144 Å². The summed E-state index contributed by atoms with van der Waals surface area (Å²) in [5.41, 5.74) is 2.35. The molecule has 6 heteroatoms. The van der Waals surface area contributed by atoms with Crippen LogP contribution in [0.15, 0.2) is 21.7 Å². The van der Waals surface area contributed by atoms with E-state index in [4.69, 9.17) is 4.42 Å².